The first kappa shape index (κ1) is 25.6. The number of halogens is 2. The molecule has 2 aromatic carbocycles. The van der Waals surface area contributed by atoms with Gasteiger partial charge in [0.15, 0.2) is 11.5 Å². The van der Waals surface area contributed by atoms with Crippen molar-refractivity contribution < 1.29 is 23.8 Å². The van der Waals surface area contributed by atoms with E-state index in [-0.39, 0.29) is 29.8 Å². The second-order valence-electron chi connectivity index (χ2n) is 8.72. The maximum Gasteiger partial charge on any atom is 0.242 e. The standard InChI is InChI=1S/C26H30BrClN2O5/c1-33-22-11-16(12-23(34-2)26(22)35-3)20-14-21(29-10-6-4-5-7-24(29)31)18-13-17(27)8-9-19(18)30(20)25(32)15-28/h8-9,11-13,20-21H,4-7,10,14-15H2,1-3H3. The minimum absolute atomic E-state index is 0.152. The number of benzene rings is 2. The molecule has 2 amide bonds. The van der Waals surface area contributed by atoms with Gasteiger partial charge in [-0.05, 0) is 60.7 Å². The topological polar surface area (TPSA) is 68.3 Å². The Labute approximate surface area is 219 Å². The first-order valence-corrected chi connectivity index (χ1v) is 13.0. The molecule has 0 N–H and O–H groups in total. The molecule has 188 valence electrons. The molecule has 2 atom stereocenters. The van der Waals surface area contributed by atoms with E-state index in [1.165, 1.54) is 0 Å². The van der Waals surface area contributed by atoms with Crippen LogP contribution in [0.1, 0.15) is 55.3 Å². The number of anilines is 1. The lowest BCUT2D eigenvalue weighted by molar-refractivity contribution is -0.133. The first-order chi connectivity index (χ1) is 16.9. The molecule has 2 unspecified atom stereocenters. The predicted octanol–water partition coefficient (Wildman–Crippen LogP) is 5.64. The van der Waals surface area contributed by atoms with Crippen LogP contribution < -0.4 is 19.1 Å². The Hall–Kier alpha value is -2.45. The molecule has 35 heavy (non-hydrogen) atoms. The number of rotatable bonds is 6. The van der Waals surface area contributed by atoms with Crippen molar-refractivity contribution in [2.24, 2.45) is 0 Å². The van der Waals surface area contributed by atoms with Gasteiger partial charge >= 0.3 is 0 Å². The summed E-state index contributed by atoms with van der Waals surface area (Å²) >= 11 is 9.68. The number of methoxy groups -OCH3 is 3. The summed E-state index contributed by atoms with van der Waals surface area (Å²) in [6.07, 6.45) is 3.97. The van der Waals surface area contributed by atoms with Crippen molar-refractivity contribution in [2.45, 2.75) is 44.2 Å². The van der Waals surface area contributed by atoms with Crippen molar-refractivity contribution in [3.8, 4) is 17.2 Å². The van der Waals surface area contributed by atoms with Crippen LogP contribution in [0, 0.1) is 0 Å². The lowest BCUT2D eigenvalue weighted by atomic mass is 9.86. The number of hydrogen-bond acceptors (Lipinski definition) is 5. The molecule has 2 aliphatic heterocycles. The molecule has 1 saturated heterocycles. The van der Waals surface area contributed by atoms with Gasteiger partial charge in [0.2, 0.25) is 17.6 Å². The van der Waals surface area contributed by atoms with Crippen LogP contribution in [0.25, 0.3) is 0 Å². The van der Waals surface area contributed by atoms with Crippen LogP contribution in [0.15, 0.2) is 34.8 Å². The predicted molar refractivity (Wildman–Crippen MR) is 139 cm³/mol. The number of fused-ring (bicyclic) bond motifs is 1. The Morgan fingerprint density at radius 3 is 2.37 bits per heavy atom. The third-order valence-electron chi connectivity index (χ3n) is 6.81. The summed E-state index contributed by atoms with van der Waals surface area (Å²) in [4.78, 5) is 30.1. The SMILES string of the molecule is COc1cc(C2CC(N3CCCCCC3=O)c3cc(Br)ccc3N2C(=O)CCl)cc(OC)c1OC. The van der Waals surface area contributed by atoms with Gasteiger partial charge in [-0.15, -0.1) is 11.6 Å². The van der Waals surface area contributed by atoms with E-state index in [0.717, 1.165) is 40.5 Å². The van der Waals surface area contributed by atoms with E-state index < -0.39 is 0 Å². The lowest BCUT2D eigenvalue weighted by Crippen LogP contribution is -2.45. The average molecular weight is 566 g/mol. The van der Waals surface area contributed by atoms with Crippen LogP contribution in [0.4, 0.5) is 5.69 Å². The molecule has 0 aromatic heterocycles. The fourth-order valence-electron chi connectivity index (χ4n) is 5.20. The molecule has 4 rings (SSSR count). The summed E-state index contributed by atoms with van der Waals surface area (Å²) in [5, 5.41) is 0. The zero-order valence-electron chi connectivity index (χ0n) is 20.2. The molecular formula is C26H30BrClN2O5. The summed E-state index contributed by atoms with van der Waals surface area (Å²) < 4.78 is 17.6. The van der Waals surface area contributed by atoms with E-state index in [2.05, 4.69) is 15.9 Å². The maximum atomic E-state index is 13.2. The fourth-order valence-corrected chi connectivity index (χ4v) is 5.71. The Morgan fingerprint density at radius 2 is 1.74 bits per heavy atom. The number of hydrogen-bond donors (Lipinski definition) is 0. The monoisotopic (exact) mass is 564 g/mol. The van der Waals surface area contributed by atoms with Crippen LogP contribution >= 0.6 is 27.5 Å². The third kappa shape index (κ3) is 4.96. The fraction of sp³-hybridized carbons (Fsp3) is 0.462. The lowest BCUT2D eigenvalue weighted by Gasteiger charge is -2.45. The van der Waals surface area contributed by atoms with E-state index in [1.807, 2.05) is 35.2 Å². The number of likely N-dealkylation sites (tertiary alicyclic amines) is 1. The van der Waals surface area contributed by atoms with E-state index >= 15 is 0 Å². The maximum absolute atomic E-state index is 13.2. The highest BCUT2D eigenvalue weighted by atomic mass is 79.9. The summed E-state index contributed by atoms with van der Waals surface area (Å²) in [7, 11) is 4.68. The van der Waals surface area contributed by atoms with Crippen LogP contribution in [-0.2, 0) is 9.59 Å². The molecule has 9 heteroatoms. The van der Waals surface area contributed by atoms with Crippen LogP contribution in [0.3, 0.4) is 0 Å². The molecule has 0 saturated carbocycles. The minimum atomic E-state index is -0.385. The third-order valence-corrected chi connectivity index (χ3v) is 7.53. The molecule has 2 aromatic rings. The average Bonchev–Trinajstić information content (AvgIpc) is 3.10. The number of alkyl halides is 1. The number of amides is 2. The number of nitrogens with zero attached hydrogens (tertiary/aromatic N) is 2. The smallest absolute Gasteiger partial charge is 0.242 e. The molecule has 0 spiro atoms. The molecule has 0 radical (unpaired) electrons. The van der Waals surface area contributed by atoms with Crippen molar-refractivity contribution in [1.29, 1.82) is 0 Å². The van der Waals surface area contributed by atoms with E-state index in [1.54, 1.807) is 26.2 Å². The highest BCUT2D eigenvalue weighted by Gasteiger charge is 2.41. The van der Waals surface area contributed by atoms with Gasteiger partial charge in [0.1, 0.15) is 5.88 Å². The zero-order valence-corrected chi connectivity index (χ0v) is 22.5. The molecule has 2 aliphatic rings. The quantitative estimate of drug-likeness (QED) is 0.425. The highest BCUT2D eigenvalue weighted by molar-refractivity contribution is 9.10. The Morgan fingerprint density at radius 1 is 1.03 bits per heavy atom. The molecule has 7 nitrogen and oxygen atoms in total. The number of carbonyl (C=O) groups excluding carboxylic acids is 2. The highest BCUT2D eigenvalue weighted by Crippen LogP contribution is 2.50. The second-order valence-corrected chi connectivity index (χ2v) is 9.91. The Bertz CT molecular complexity index is 1090. The van der Waals surface area contributed by atoms with Gasteiger partial charge < -0.3 is 24.0 Å². The van der Waals surface area contributed by atoms with Crippen LogP contribution in [-0.4, -0.2) is 50.5 Å². The molecule has 0 aliphatic carbocycles. The first-order valence-electron chi connectivity index (χ1n) is 11.7. The number of ether oxygens (including phenoxy) is 3. The minimum Gasteiger partial charge on any atom is -0.493 e. The molecular weight excluding hydrogens is 536 g/mol. The van der Waals surface area contributed by atoms with E-state index in [9.17, 15) is 9.59 Å². The van der Waals surface area contributed by atoms with Crippen molar-refractivity contribution >= 4 is 45.0 Å². The number of carbonyl (C=O) groups is 2. The van der Waals surface area contributed by atoms with Crippen LogP contribution in [0.5, 0.6) is 17.2 Å². The second kappa shape index (κ2) is 11.1. The van der Waals surface area contributed by atoms with Gasteiger partial charge in [0, 0.05) is 23.1 Å². The van der Waals surface area contributed by atoms with Gasteiger partial charge in [0.05, 0.1) is 33.4 Å². The molecule has 2 heterocycles. The summed E-state index contributed by atoms with van der Waals surface area (Å²) in [5.41, 5.74) is 2.52. The van der Waals surface area contributed by atoms with Gasteiger partial charge in [-0.3, -0.25) is 9.59 Å². The zero-order chi connectivity index (χ0) is 25.1. The summed E-state index contributed by atoms with van der Waals surface area (Å²) in [6, 6.07) is 9.01. The van der Waals surface area contributed by atoms with Crippen LogP contribution in [0.2, 0.25) is 0 Å². The van der Waals surface area contributed by atoms with Crippen molar-refractivity contribution in [3.05, 3.63) is 45.9 Å². The molecule has 0 bridgehead atoms. The largest absolute Gasteiger partial charge is 0.493 e. The van der Waals surface area contributed by atoms with E-state index in [0.29, 0.717) is 36.6 Å². The summed E-state index contributed by atoms with van der Waals surface area (Å²) in [6.45, 7) is 0.695. The van der Waals surface area contributed by atoms with Crippen molar-refractivity contribution in [1.82, 2.24) is 4.90 Å². The van der Waals surface area contributed by atoms with Crippen molar-refractivity contribution in [3.63, 3.8) is 0 Å². The van der Waals surface area contributed by atoms with E-state index in [4.69, 9.17) is 25.8 Å². The normalized spacial score (nSPS) is 20.2. The Balaban J connectivity index is 1.90. The van der Waals surface area contributed by atoms with Gasteiger partial charge in [-0.25, -0.2) is 0 Å². The van der Waals surface area contributed by atoms with Gasteiger partial charge in [-0.1, -0.05) is 22.4 Å². The van der Waals surface area contributed by atoms with Crippen molar-refractivity contribution in [2.75, 3.05) is 38.7 Å². The van der Waals surface area contributed by atoms with Gasteiger partial charge in [0.25, 0.3) is 0 Å². The summed E-state index contributed by atoms with van der Waals surface area (Å²) in [5.74, 6) is 1.26. The molecule has 1 fully saturated rings. The van der Waals surface area contributed by atoms with Gasteiger partial charge in [-0.2, -0.15) is 0 Å². The Kier molecular flexibility index (Phi) is 8.12.